The van der Waals surface area contributed by atoms with Gasteiger partial charge in [-0.05, 0) is 66.5 Å². The van der Waals surface area contributed by atoms with Crippen LogP contribution in [0.25, 0.3) is 0 Å². The largest absolute Gasteiger partial charge is 0.497 e. The molecule has 0 radical (unpaired) electrons. The van der Waals surface area contributed by atoms with Crippen LogP contribution in [0, 0.1) is 5.92 Å². The smallest absolute Gasteiger partial charge is 0.452 e. The first-order chi connectivity index (χ1) is 23.0. The molecule has 0 bridgehead atoms. The Kier molecular flexibility index (Phi) is 15.1. The van der Waals surface area contributed by atoms with E-state index < -0.39 is 66.3 Å². The first-order valence-corrected chi connectivity index (χ1v) is 15.1. The number of hydrogen-bond acceptors (Lipinski definition) is 7. The van der Waals surface area contributed by atoms with Crippen molar-refractivity contribution in [3.63, 3.8) is 0 Å². The van der Waals surface area contributed by atoms with Crippen molar-refractivity contribution in [1.82, 2.24) is 16.0 Å². The van der Waals surface area contributed by atoms with Crippen LogP contribution in [0.4, 0.5) is 13.2 Å². The maximum absolute atomic E-state index is 13.9. The lowest BCUT2D eigenvalue weighted by atomic mass is 9.97. The number of carboxylic acids is 1. The third-order valence-corrected chi connectivity index (χ3v) is 7.07. The standard InChI is InChI=1S/C34H37ClF3N3O8/c1-6-24(48-5)14-13-20(4)29(33(47)40-28(19(2)3)30(44)34(36,37)38)41-32(46)26(39-31(45)22-10-8-11-23(35)17-22)16-21-9-7-12-25(15-21)49-18-27(42)43/h6-15,17,19,26,28-29H,4,16,18H2,1-3,5H3,(H,39,45)(H,40,47)(H,41,46)(H,42,43)/b14-13-,24-6+/t26-,28-,29-/m0/s1. The summed E-state index contributed by atoms with van der Waals surface area (Å²) in [7, 11) is 1.37. The molecule has 15 heteroatoms. The highest BCUT2D eigenvalue weighted by Gasteiger charge is 2.45. The summed E-state index contributed by atoms with van der Waals surface area (Å²) in [6.07, 6.45) is -1.20. The number of rotatable bonds is 17. The molecule has 11 nitrogen and oxygen atoms in total. The molecule has 0 fully saturated rings. The number of Topliss-reactive ketones (excluding diaryl/α,β-unsaturated/α-hetero) is 1. The minimum atomic E-state index is -5.25. The Morgan fingerprint density at radius 3 is 2.22 bits per heavy atom. The fraction of sp³-hybridized carbons (Fsp3) is 0.324. The van der Waals surface area contributed by atoms with E-state index in [2.05, 4.69) is 22.5 Å². The van der Waals surface area contributed by atoms with Crippen molar-refractivity contribution < 1.29 is 51.7 Å². The molecule has 2 aromatic rings. The Balaban J connectivity index is 2.53. The molecule has 0 spiro atoms. The molecule has 49 heavy (non-hydrogen) atoms. The van der Waals surface area contributed by atoms with E-state index in [0.717, 1.165) is 0 Å². The first-order valence-electron chi connectivity index (χ1n) is 14.8. The highest BCUT2D eigenvalue weighted by Crippen LogP contribution is 2.22. The molecule has 3 atom stereocenters. The van der Waals surface area contributed by atoms with Crippen LogP contribution in [0.2, 0.25) is 5.02 Å². The first kappa shape index (κ1) is 40.1. The van der Waals surface area contributed by atoms with Gasteiger partial charge in [-0.1, -0.05) is 56.3 Å². The summed E-state index contributed by atoms with van der Waals surface area (Å²) in [6, 6.07) is 6.74. The average Bonchev–Trinajstić information content (AvgIpc) is 3.04. The molecule has 0 aliphatic rings. The van der Waals surface area contributed by atoms with Crippen LogP contribution in [0.1, 0.15) is 36.7 Å². The van der Waals surface area contributed by atoms with Gasteiger partial charge in [0.15, 0.2) is 6.61 Å². The molecular weight excluding hydrogens is 671 g/mol. The second-order valence-electron chi connectivity index (χ2n) is 10.9. The van der Waals surface area contributed by atoms with E-state index in [1.807, 2.05) is 0 Å². The number of ether oxygens (including phenoxy) is 2. The number of carbonyl (C=O) groups is 5. The Morgan fingerprint density at radius 2 is 1.65 bits per heavy atom. The summed E-state index contributed by atoms with van der Waals surface area (Å²) in [5.41, 5.74) is 0.394. The second-order valence-corrected chi connectivity index (χ2v) is 11.3. The number of aliphatic carboxylic acids is 1. The van der Waals surface area contributed by atoms with Crippen LogP contribution >= 0.6 is 11.6 Å². The van der Waals surface area contributed by atoms with Crippen molar-refractivity contribution in [2.75, 3.05) is 13.7 Å². The van der Waals surface area contributed by atoms with Crippen LogP contribution in [-0.4, -0.2) is 72.6 Å². The summed E-state index contributed by atoms with van der Waals surface area (Å²) in [6.45, 7) is 7.44. The lowest BCUT2D eigenvalue weighted by Crippen LogP contribution is -2.58. The fourth-order valence-electron chi connectivity index (χ4n) is 4.31. The zero-order chi connectivity index (χ0) is 36.9. The van der Waals surface area contributed by atoms with E-state index in [9.17, 15) is 37.1 Å². The van der Waals surface area contributed by atoms with Gasteiger partial charge in [0.05, 0.1) is 13.2 Å². The van der Waals surface area contributed by atoms with E-state index >= 15 is 0 Å². The Bertz CT molecular complexity index is 1610. The van der Waals surface area contributed by atoms with Gasteiger partial charge in [0.1, 0.15) is 23.6 Å². The van der Waals surface area contributed by atoms with Crippen LogP contribution in [0.15, 0.2) is 84.7 Å². The zero-order valence-electron chi connectivity index (χ0n) is 27.1. The summed E-state index contributed by atoms with van der Waals surface area (Å²) in [5, 5.41) is 16.3. The second kappa shape index (κ2) is 18.4. The van der Waals surface area contributed by atoms with Gasteiger partial charge in [0.25, 0.3) is 11.7 Å². The zero-order valence-corrected chi connectivity index (χ0v) is 27.9. The maximum Gasteiger partial charge on any atom is 0.452 e. The number of alkyl halides is 3. The summed E-state index contributed by atoms with van der Waals surface area (Å²) in [4.78, 5) is 63.8. The van der Waals surface area contributed by atoms with Crippen LogP contribution < -0.4 is 20.7 Å². The van der Waals surface area contributed by atoms with Crippen molar-refractivity contribution in [2.45, 2.75) is 51.5 Å². The number of amides is 3. The molecule has 264 valence electrons. The fourth-order valence-corrected chi connectivity index (χ4v) is 4.50. The lowest BCUT2D eigenvalue weighted by Gasteiger charge is -2.27. The van der Waals surface area contributed by atoms with E-state index in [0.29, 0.717) is 11.3 Å². The molecule has 0 aromatic heterocycles. The third-order valence-electron chi connectivity index (χ3n) is 6.84. The Hall–Kier alpha value is -5.11. The van der Waals surface area contributed by atoms with E-state index in [-0.39, 0.29) is 28.3 Å². The number of methoxy groups -OCH3 is 1. The maximum atomic E-state index is 13.9. The number of ketones is 1. The number of carbonyl (C=O) groups excluding carboxylic acids is 4. The predicted octanol–water partition coefficient (Wildman–Crippen LogP) is 4.56. The van der Waals surface area contributed by atoms with Gasteiger partial charge in [-0.2, -0.15) is 13.2 Å². The predicted molar refractivity (Wildman–Crippen MR) is 175 cm³/mol. The highest BCUT2D eigenvalue weighted by molar-refractivity contribution is 6.31. The molecule has 0 saturated carbocycles. The van der Waals surface area contributed by atoms with Crippen molar-refractivity contribution in [2.24, 2.45) is 5.92 Å². The Labute approximate surface area is 286 Å². The van der Waals surface area contributed by atoms with Gasteiger partial charge in [-0.15, -0.1) is 0 Å². The molecule has 0 saturated heterocycles. The number of nitrogens with one attached hydrogen (secondary N) is 3. The van der Waals surface area contributed by atoms with E-state index in [4.69, 9.17) is 26.2 Å². The van der Waals surface area contributed by atoms with Gasteiger partial charge < -0.3 is 30.5 Å². The number of allylic oxidation sites excluding steroid dienone is 2. The summed E-state index contributed by atoms with van der Waals surface area (Å²) >= 11 is 6.03. The minimum Gasteiger partial charge on any atom is -0.497 e. The average molecular weight is 708 g/mol. The monoisotopic (exact) mass is 707 g/mol. The van der Waals surface area contributed by atoms with E-state index in [1.54, 1.807) is 19.1 Å². The molecular formula is C34H37ClF3N3O8. The topological polar surface area (TPSA) is 160 Å². The minimum absolute atomic E-state index is 0.0920. The molecule has 0 aliphatic heterocycles. The van der Waals surface area contributed by atoms with Gasteiger partial charge >= 0.3 is 12.1 Å². The van der Waals surface area contributed by atoms with Crippen LogP contribution in [0.5, 0.6) is 5.75 Å². The number of halogens is 4. The van der Waals surface area contributed by atoms with Gasteiger partial charge in [0.2, 0.25) is 11.8 Å². The highest BCUT2D eigenvalue weighted by atomic mass is 35.5. The van der Waals surface area contributed by atoms with E-state index in [1.165, 1.54) is 75.6 Å². The quantitative estimate of drug-likeness (QED) is 0.138. The molecule has 2 aromatic carbocycles. The van der Waals surface area contributed by atoms with Crippen molar-refractivity contribution >= 4 is 41.1 Å². The van der Waals surface area contributed by atoms with Crippen molar-refractivity contribution in [3.05, 3.63) is 101 Å². The van der Waals surface area contributed by atoms with Gasteiger partial charge in [0, 0.05) is 17.0 Å². The van der Waals surface area contributed by atoms with Crippen LogP contribution in [-0.2, 0) is 30.3 Å². The molecule has 0 unspecified atom stereocenters. The molecule has 3 amide bonds. The van der Waals surface area contributed by atoms with Gasteiger partial charge in [-0.3, -0.25) is 19.2 Å². The summed E-state index contributed by atoms with van der Waals surface area (Å²) in [5.74, 6) is -6.77. The number of hydrogen-bond donors (Lipinski definition) is 4. The SMILES string of the molecule is C=C(/C=C\C(=C/C)OC)[C@H](NC(=O)[C@H](Cc1cccc(OCC(=O)O)c1)NC(=O)c1cccc(Cl)c1)C(=O)N[C@H](C(=O)C(F)(F)F)C(C)C. The molecule has 2 rings (SSSR count). The normalized spacial score (nSPS) is 13.6. The molecule has 0 aliphatic carbocycles. The third kappa shape index (κ3) is 12.8. The van der Waals surface area contributed by atoms with Crippen LogP contribution in [0.3, 0.4) is 0 Å². The Morgan fingerprint density at radius 1 is 0.980 bits per heavy atom. The van der Waals surface area contributed by atoms with Gasteiger partial charge in [-0.25, -0.2) is 4.79 Å². The number of carboxylic acid groups (broad SMARTS) is 1. The number of benzene rings is 2. The van der Waals surface area contributed by atoms with Crippen molar-refractivity contribution in [3.8, 4) is 5.75 Å². The molecule has 4 N–H and O–H groups in total. The lowest BCUT2D eigenvalue weighted by molar-refractivity contribution is -0.175. The summed E-state index contributed by atoms with van der Waals surface area (Å²) < 4.78 is 50.5. The van der Waals surface area contributed by atoms with Crippen molar-refractivity contribution in [1.29, 1.82) is 0 Å². The molecule has 0 heterocycles.